The van der Waals surface area contributed by atoms with Crippen molar-refractivity contribution in [2.75, 3.05) is 16.8 Å². The molecule has 19 heavy (non-hydrogen) atoms. The summed E-state index contributed by atoms with van der Waals surface area (Å²) in [5, 5.41) is 3.32. The van der Waals surface area contributed by atoms with Crippen molar-refractivity contribution in [2.45, 2.75) is 26.7 Å². The van der Waals surface area contributed by atoms with E-state index in [1.807, 2.05) is 18.2 Å². The second-order valence-corrected chi connectivity index (χ2v) is 5.07. The molecule has 1 aromatic rings. The highest BCUT2D eigenvalue weighted by Crippen LogP contribution is 2.31. The van der Waals surface area contributed by atoms with Gasteiger partial charge in [0.05, 0.1) is 5.69 Å². The number of nitrogens with zero attached hydrogens (tertiary/aromatic N) is 1. The Labute approximate surface area is 112 Å². The topological polar surface area (TPSA) is 49.4 Å². The summed E-state index contributed by atoms with van der Waals surface area (Å²) in [7, 11) is 0. The number of nitrogens with one attached hydrogen (secondary N) is 1. The molecule has 1 N–H and O–H groups in total. The maximum absolute atomic E-state index is 12.1. The molecule has 2 aliphatic rings. The van der Waals surface area contributed by atoms with Gasteiger partial charge in [-0.15, -0.1) is 0 Å². The number of rotatable bonds is 1. The quantitative estimate of drug-likeness (QED) is 0.784. The van der Waals surface area contributed by atoms with Crippen LogP contribution < -0.4 is 10.2 Å². The number of amides is 2. The Hall–Kier alpha value is -2.10. The van der Waals surface area contributed by atoms with Crippen LogP contribution in [-0.2, 0) is 16.0 Å². The van der Waals surface area contributed by atoms with Crippen LogP contribution in [0.2, 0.25) is 0 Å². The summed E-state index contributed by atoms with van der Waals surface area (Å²) in [4.78, 5) is 25.5. The molecule has 4 heteroatoms. The summed E-state index contributed by atoms with van der Waals surface area (Å²) in [6, 6.07) is 5.73. The molecular formula is C15H16N2O2. The average molecular weight is 256 g/mol. The number of benzene rings is 1. The normalized spacial score (nSPS) is 18.7. The van der Waals surface area contributed by atoms with Crippen LogP contribution in [0.25, 0.3) is 0 Å². The predicted octanol–water partition coefficient (Wildman–Crippen LogP) is 2.25. The standard InChI is InChI=1S/C15H16N2O2/c1-9-10(2)15(19)17(14(9)18)12-5-6-13-11(8-12)4-3-7-16-13/h5-6,8,16H,3-4,7H2,1-2H3. The van der Waals surface area contributed by atoms with Crippen LogP contribution in [-0.4, -0.2) is 18.4 Å². The smallest absolute Gasteiger partial charge is 0.261 e. The Morgan fingerprint density at radius 2 is 1.79 bits per heavy atom. The summed E-state index contributed by atoms with van der Waals surface area (Å²) in [6.07, 6.45) is 2.06. The van der Waals surface area contributed by atoms with Crippen molar-refractivity contribution in [2.24, 2.45) is 0 Å². The first-order valence-corrected chi connectivity index (χ1v) is 6.52. The summed E-state index contributed by atoms with van der Waals surface area (Å²) in [5.74, 6) is -0.405. The minimum Gasteiger partial charge on any atom is -0.385 e. The fourth-order valence-electron chi connectivity index (χ4n) is 2.58. The molecule has 98 valence electrons. The molecule has 3 rings (SSSR count). The van der Waals surface area contributed by atoms with Gasteiger partial charge in [0, 0.05) is 23.4 Å². The zero-order chi connectivity index (χ0) is 13.6. The molecule has 2 amide bonds. The molecule has 0 atom stereocenters. The van der Waals surface area contributed by atoms with Gasteiger partial charge in [0.15, 0.2) is 0 Å². The third kappa shape index (κ3) is 1.75. The predicted molar refractivity (Wildman–Crippen MR) is 74.1 cm³/mol. The summed E-state index contributed by atoms with van der Waals surface area (Å²) in [5.41, 5.74) is 4.04. The van der Waals surface area contributed by atoms with Crippen LogP contribution in [0.1, 0.15) is 25.8 Å². The lowest BCUT2D eigenvalue weighted by Crippen LogP contribution is -2.31. The molecule has 0 saturated carbocycles. The van der Waals surface area contributed by atoms with Crippen molar-refractivity contribution in [1.29, 1.82) is 0 Å². The summed E-state index contributed by atoms with van der Waals surface area (Å²) < 4.78 is 0. The van der Waals surface area contributed by atoms with Gasteiger partial charge in [-0.1, -0.05) is 0 Å². The summed E-state index contributed by atoms with van der Waals surface area (Å²) in [6.45, 7) is 4.39. The molecule has 0 fully saturated rings. The van der Waals surface area contributed by atoms with Gasteiger partial charge in [-0.2, -0.15) is 0 Å². The number of aryl methyl sites for hydroxylation is 1. The number of carbonyl (C=O) groups is 2. The van der Waals surface area contributed by atoms with Crippen LogP contribution in [0, 0.1) is 0 Å². The van der Waals surface area contributed by atoms with Crippen LogP contribution in [0.5, 0.6) is 0 Å². The van der Waals surface area contributed by atoms with Crippen LogP contribution >= 0.6 is 0 Å². The van der Waals surface area contributed by atoms with E-state index < -0.39 is 0 Å². The van der Waals surface area contributed by atoms with Crippen LogP contribution in [0.4, 0.5) is 11.4 Å². The number of anilines is 2. The van der Waals surface area contributed by atoms with Gasteiger partial charge >= 0.3 is 0 Å². The van der Waals surface area contributed by atoms with Gasteiger partial charge in [0.25, 0.3) is 11.8 Å². The van der Waals surface area contributed by atoms with E-state index in [2.05, 4.69) is 5.32 Å². The van der Waals surface area contributed by atoms with Crippen molar-refractivity contribution < 1.29 is 9.59 Å². The second kappa shape index (κ2) is 4.23. The maximum Gasteiger partial charge on any atom is 0.261 e. The van der Waals surface area contributed by atoms with Crippen molar-refractivity contribution in [3.8, 4) is 0 Å². The van der Waals surface area contributed by atoms with E-state index in [-0.39, 0.29) is 11.8 Å². The van der Waals surface area contributed by atoms with Crippen molar-refractivity contribution in [1.82, 2.24) is 0 Å². The SMILES string of the molecule is CC1=C(C)C(=O)N(c2ccc3c(c2)CCCN3)C1=O. The maximum atomic E-state index is 12.1. The Balaban J connectivity index is 2.00. The third-order valence-corrected chi connectivity index (χ3v) is 3.90. The van der Waals surface area contributed by atoms with Crippen molar-refractivity contribution in [3.05, 3.63) is 34.9 Å². The molecule has 0 unspecified atom stereocenters. The van der Waals surface area contributed by atoms with Gasteiger partial charge in [-0.25, -0.2) is 4.90 Å². The van der Waals surface area contributed by atoms with Gasteiger partial charge in [0.1, 0.15) is 0 Å². The molecular weight excluding hydrogens is 240 g/mol. The Morgan fingerprint density at radius 1 is 1.11 bits per heavy atom. The van der Waals surface area contributed by atoms with Crippen molar-refractivity contribution >= 4 is 23.2 Å². The minimum atomic E-state index is -0.203. The first kappa shape index (κ1) is 12.0. The molecule has 0 aromatic heterocycles. The van der Waals surface area contributed by atoms with Crippen molar-refractivity contribution in [3.63, 3.8) is 0 Å². The Morgan fingerprint density at radius 3 is 2.47 bits per heavy atom. The lowest BCUT2D eigenvalue weighted by molar-refractivity contribution is -0.120. The molecule has 4 nitrogen and oxygen atoms in total. The number of fused-ring (bicyclic) bond motifs is 1. The van der Waals surface area contributed by atoms with Crippen LogP contribution in [0.3, 0.4) is 0 Å². The van der Waals surface area contributed by atoms with Gasteiger partial charge in [0.2, 0.25) is 0 Å². The highest BCUT2D eigenvalue weighted by atomic mass is 16.2. The van der Waals surface area contributed by atoms with E-state index in [0.717, 1.165) is 25.1 Å². The number of imide groups is 1. The van der Waals surface area contributed by atoms with Crippen LogP contribution in [0.15, 0.2) is 29.3 Å². The molecule has 2 heterocycles. The molecule has 0 saturated heterocycles. The highest BCUT2D eigenvalue weighted by molar-refractivity contribution is 6.32. The lowest BCUT2D eigenvalue weighted by atomic mass is 10.0. The number of carbonyl (C=O) groups excluding carboxylic acids is 2. The van der Waals surface area contributed by atoms with E-state index in [9.17, 15) is 9.59 Å². The van der Waals surface area contributed by atoms with Gasteiger partial charge in [-0.3, -0.25) is 9.59 Å². The van der Waals surface area contributed by atoms with Gasteiger partial charge in [-0.05, 0) is 50.5 Å². The first-order valence-electron chi connectivity index (χ1n) is 6.52. The largest absolute Gasteiger partial charge is 0.385 e. The molecule has 0 bridgehead atoms. The minimum absolute atomic E-state index is 0.203. The van der Waals surface area contributed by atoms with E-state index in [1.54, 1.807) is 13.8 Å². The zero-order valence-corrected chi connectivity index (χ0v) is 11.1. The molecule has 0 radical (unpaired) electrons. The van der Waals surface area contributed by atoms with E-state index in [4.69, 9.17) is 0 Å². The van der Waals surface area contributed by atoms with E-state index in [0.29, 0.717) is 16.8 Å². The third-order valence-electron chi connectivity index (χ3n) is 3.90. The number of hydrogen-bond donors (Lipinski definition) is 1. The lowest BCUT2D eigenvalue weighted by Gasteiger charge is -2.21. The fraction of sp³-hybridized carbons (Fsp3) is 0.333. The zero-order valence-electron chi connectivity index (χ0n) is 11.1. The number of hydrogen-bond acceptors (Lipinski definition) is 3. The highest BCUT2D eigenvalue weighted by Gasteiger charge is 2.34. The molecule has 0 aliphatic carbocycles. The fourth-order valence-corrected chi connectivity index (χ4v) is 2.58. The molecule has 0 spiro atoms. The Kier molecular flexibility index (Phi) is 2.66. The monoisotopic (exact) mass is 256 g/mol. The average Bonchev–Trinajstić information content (AvgIpc) is 2.63. The Bertz CT molecular complexity index is 593. The molecule has 1 aromatic carbocycles. The van der Waals surface area contributed by atoms with E-state index >= 15 is 0 Å². The second-order valence-electron chi connectivity index (χ2n) is 5.07. The van der Waals surface area contributed by atoms with E-state index in [1.165, 1.54) is 10.5 Å². The first-order chi connectivity index (χ1) is 9.09. The van der Waals surface area contributed by atoms with Gasteiger partial charge < -0.3 is 5.32 Å². The summed E-state index contributed by atoms with van der Waals surface area (Å²) >= 11 is 0. The molecule has 2 aliphatic heterocycles.